The molecule has 0 saturated carbocycles. The first-order valence-corrected chi connectivity index (χ1v) is 23.8. The number of rotatable bonds is 6. The third-order valence-corrected chi connectivity index (χ3v) is 14.4. The second-order valence-corrected chi connectivity index (χ2v) is 18.4. The van der Waals surface area contributed by atoms with Gasteiger partial charge in [-0.25, -0.2) is 0 Å². The predicted molar refractivity (Wildman–Crippen MR) is 292 cm³/mol. The van der Waals surface area contributed by atoms with Crippen LogP contribution in [-0.2, 0) is 0 Å². The van der Waals surface area contributed by atoms with Crippen LogP contribution in [0, 0.1) is 0 Å². The zero-order chi connectivity index (χ0) is 45.9. The first kappa shape index (κ1) is 38.7. The zero-order valence-corrected chi connectivity index (χ0v) is 37.7. The normalized spacial score (nSPS) is 12.0. The molecule has 0 bridgehead atoms. The van der Waals surface area contributed by atoms with Gasteiger partial charge >= 0.3 is 0 Å². The van der Waals surface area contributed by atoms with Gasteiger partial charge in [-0.1, -0.05) is 140 Å². The molecule has 0 aliphatic carbocycles. The fraction of sp³-hybridized carbons (Fsp3) is 0. The van der Waals surface area contributed by atoms with Gasteiger partial charge in [0, 0.05) is 54.8 Å². The molecule has 4 nitrogen and oxygen atoms in total. The van der Waals surface area contributed by atoms with E-state index in [0.29, 0.717) is 0 Å². The fourth-order valence-corrected chi connectivity index (χ4v) is 11.0. The smallest absolute Gasteiger partial charge is 0.136 e. The lowest BCUT2D eigenvalue weighted by molar-refractivity contribution is 0.668. The Kier molecular flexibility index (Phi) is 8.33. The van der Waals surface area contributed by atoms with Crippen LogP contribution >= 0.6 is 0 Å². The second-order valence-electron chi connectivity index (χ2n) is 18.4. The molecular formula is C66H39NO3. The number of hydrogen-bond donors (Lipinski definition) is 0. The van der Waals surface area contributed by atoms with Crippen LogP contribution in [0.4, 0.5) is 17.1 Å². The highest BCUT2D eigenvalue weighted by Gasteiger charge is 2.18. The Morgan fingerprint density at radius 3 is 1.27 bits per heavy atom. The van der Waals surface area contributed by atoms with Crippen LogP contribution in [0.25, 0.3) is 132 Å². The molecule has 0 unspecified atom stereocenters. The molecule has 0 atom stereocenters. The van der Waals surface area contributed by atoms with Gasteiger partial charge in [-0.05, 0) is 157 Å². The molecule has 15 aromatic rings. The van der Waals surface area contributed by atoms with E-state index in [1.807, 2.05) is 24.3 Å². The summed E-state index contributed by atoms with van der Waals surface area (Å²) in [4.78, 5) is 2.36. The number of furan rings is 3. The minimum atomic E-state index is 0.888. The van der Waals surface area contributed by atoms with Crippen molar-refractivity contribution in [3.63, 3.8) is 0 Å². The summed E-state index contributed by atoms with van der Waals surface area (Å²) in [6.45, 7) is 0. The molecule has 70 heavy (non-hydrogen) atoms. The highest BCUT2D eigenvalue weighted by Crippen LogP contribution is 2.43. The van der Waals surface area contributed by atoms with Crippen molar-refractivity contribution in [1.82, 2.24) is 0 Å². The molecule has 0 aliphatic heterocycles. The van der Waals surface area contributed by atoms with Crippen LogP contribution in [0.3, 0.4) is 0 Å². The number of fused-ring (bicyclic) bond motifs is 14. The molecule has 4 heteroatoms. The molecule has 326 valence electrons. The van der Waals surface area contributed by atoms with E-state index < -0.39 is 0 Å². The Balaban J connectivity index is 0.823. The molecular weight excluding hydrogens is 855 g/mol. The summed E-state index contributed by atoms with van der Waals surface area (Å²) in [5, 5.41) is 14.0. The summed E-state index contributed by atoms with van der Waals surface area (Å²) in [5.74, 6) is 0. The standard InChI is InChI=1S/C66H39NO3/c1-2-8-53-42(7-1)13-14-43-22-34-64-66(65(43)53)58-39-48(24-33-63(58)70-64)41-19-28-51(29-20-41)67(50-26-17-40(18-27-50)47-23-31-61-56(37-47)54-9-3-5-11-59(54)68-61)52-30-21-45-35-44(15-16-46(45)36-52)49-25-32-62-57(38-49)55-10-4-6-12-60(55)69-62/h1-39H. The number of para-hydroxylation sites is 2. The van der Waals surface area contributed by atoms with Crippen LogP contribution in [0.1, 0.15) is 0 Å². The second kappa shape index (κ2) is 15.1. The van der Waals surface area contributed by atoms with Gasteiger partial charge in [0.25, 0.3) is 0 Å². The maximum atomic E-state index is 6.49. The van der Waals surface area contributed by atoms with Crippen molar-refractivity contribution in [3.8, 4) is 33.4 Å². The molecule has 0 saturated heterocycles. The van der Waals surface area contributed by atoms with Crippen LogP contribution in [0.2, 0.25) is 0 Å². The lowest BCUT2D eigenvalue weighted by Crippen LogP contribution is -2.09. The van der Waals surface area contributed by atoms with E-state index in [0.717, 1.165) is 116 Å². The summed E-state index contributed by atoms with van der Waals surface area (Å²) in [5.41, 5.74) is 15.5. The zero-order valence-electron chi connectivity index (χ0n) is 37.7. The molecule has 0 spiro atoms. The molecule has 3 heterocycles. The van der Waals surface area contributed by atoms with E-state index in [4.69, 9.17) is 13.3 Å². The fourth-order valence-electron chi connectivity index (χ4n) is 11.0. The van der Waals surface area contributed by atoms with E-state index in [1.165, 1.54) is 32.5 Å². The molecule has 3 aromatic heterocycles. The van der Waals surface area contributed by atoms with Crippen molar-refractivity contribution < 1.29 is 13.3 Å². The molecule has 0 amide bonds. The Hall–Kier alpha value is -9.38. The van der Waals surface area contributed by atoms with Crippen LogP contribution in [-0.4, -0.2) is 0 Å². The molecule has 0 fully saturated rings. The highest BCUT2D eigenvalue weighted by molar-refractivity contribution is 6.27. The summed E-state index contributed by atoms with van der Waals surface area (Å²) in [6.07, 6.45) is 0. The lowest BCUT2D eigenvalue weighted by atomic mass is 9.96. The molecule has 0 aliphatic rings. The van der Waals surface area contributed by atoms with Crippen molar-refractivity contribution in [2.45, 2.75) is 0 Å². The first-order valence-electron chi connectivity index (χ1n) is 23.8. The van der Waals surface area contributed by atoms with Gasteiger partial charge in [-0.2, -0.15) is 0 Å². The van der Waals surface area contributed by atoms with Gasteiger partial charge in [0.05, 0.1) is 0 Å². The summed E-state index contributed by atoms with van der Waals surface area (Å²) >= 11 is 0. The lowest BCUT2D eigenvalue weighted by Gasteiger charge is -2.26. The Morgan fingerprint density at radius 2 is 0.614 bits per heavy atom. The maximum absolute atomic E-state index is 6.49. The number of benzene rings is 12. The van der Waals surface area contributed by atoms with Crippen molar-refractivity contribution in [2.24, 2.45) is 0 Å². The highest BCUT2D eigenvalue weighted by atomic mass is 16.3. The van der Waals surface area contributed by atoms with E-state index in [2.05, 4.69) is 217 Å². The van der Waals surface area contributed by atoms with Crippen LogP contribution < -0.4 is 4.90 Å². The van der Waals surface area contributed by atoms with Gasteiger partial charge < -0.3 is 18.2 Å². The Bertz CT molecular complexity index is 4590. The van der Waals surface area contributed by atoms with E-state index in [1.54, 1.807) is 0 Å². The minimum absolute atomic E-state index is 0.888. The summed E-state index contributed by atoms with van der Waals surface area (Å²) in [6, 6.07) is 84.8. The molecule has 0 radical (unpaired) electrons. The van der Waals surface area contributed by atoms with Gasteiger partial charge in [-0.15, -0.1) is 0 Å². The summed E-state index contributed by atoms with van der Waals surface area (Å²) in [7, 11) is 0. The van der Waals surface area contributed by atoms with Crippen LogP contribution in [0.5, 0.6) is 0 Å². The van der Waals surface area contributed by atoms with Crippen molar-refractivity contribution in [3.05, 3.63) is 237 Å². The van der Waals surface area contributed by atoms with Gasteiger partial charge in [-0.3, -0.25) is 0 Å². The summed E-state index contributed by atoms with van der Waals surface area (Å²) < 4.78 is 18.8. The third kappa shape index (κ3) is 6.10. The van der Waals surface area contributed by atoms with Gasteiger partial charge in [0.1, 0.15) is 33.5 Å². The van der Waals surface area contributed by atoms with Gasteiger partial charge in [0.15, 0.2) is 0 Å². The van der Waals surface area contributed by atoms with E-state index >= 15 is 0 Å². The number of hydrogen-bond acceptors (Lipinski definition) is 4. The SMILES string of the molecule is c1ccc2c(c1)ccc1ccc3oc4ccc(-c5ccc(N(c6ccc(-c7ccc8oc9ccccc9c8c7)cc6)c6ccc7cc(-c8ccc9oc%10ccccc%10c9c8)ccc7c6)cc5)cc4c3c12. The number of nitrogens with zero attached hydrogens (tertiary/aromatic N) is 1. The Labute approximate surface area is 401 Å². The van der Waals surface area contributed by atoms with Gasteiger partial charge in [0.2, 0.25) is 0 Å². The topological polar surface area (TPSA) is 42.7 Å². The minimum Gasteiger partial charge on any atom is -0.456 e. The average Bonchev–Trinajstić information content (AvgIpc) is 4.12. The maximum Gasteiger partial charge on any atom is 0.136 e. The first-order chi connectivity index (χ1) is 34.6. The van der Waals surface area contributed by atoms with Crippen molar-refractivity contribution in [1.29, 1.82) is 0 Å². The van der Waals surface area contributed by atoms with E-state index in [-0.39, 0.29) is 0 Å². The van der Waals surface area contributed by atoms with Crippen molar-refractivity contribution >= 4 is 115 Å². The van der Waals surface area contributed by atoms with Crippen LogP contribution in [0.15, 0.2) is 250 Å². The van der Waals surface area contributed by atoms with Crippen molar-refractivity contribution in [2.75, 3.05) is 4.90 Å². The predicted octanol–water partition coefficient (Wildman–Crippen LogP) is 19.3. The number of anilines is 3. The van der Waals surface area contributed by atoms with E-state index in [9.17, 15) is 0 Å². The molecule has 0 N–H and O–H groups in total. The molecule has 15 rings (SSSR count). The third-order valence-electron chi connectivity index (χ3n) is 14.4. The molecule has 12 aromatic carbocycles. The average molecular weight is 894 g/mol. The Morgan fingerprint density at radius 1 is 0.214 bits per heavy atom. The largest absolute Gasteiger partial charge is 0.456 e. The quantitative estimate of drug-likeness (QED) is 0.156. The monoisotopic (exact) mass is 893 g/mol.